The number of nitriles is 1. The first-order valence-corrected chi connectivity index (χ1v) is 7.78. The Morgan fingerprint density at radius 2 is 1.81 bits per heavy atom. The number of rotatable bonds is 4. The standard InChI is InChI=1S/C18H11ClFN5O/c19-14-7-13(5-6-15(14)20)24-17-10-22-16(9-23-17)18(26)25-12-3-1-11(8-21)2-4-12/h1-7,9-10H,(H,23,24)(H,25,26). The lowest BCUT2D eigenvalue weighted by atomic mass is 10.2. The molecule has 2 aromatic carbocycles. The third kappa shape index (κ3) is 4.12. The SMILES string of the molecule is N#Cc1ccc(NC(=O)c2cnc(Nc3ccc(F)c(Cl)c3)cn2)cc1. The van der Waals surface area contributed by atoms with Crippen LogP contribution in [0.25, 0.3) is 0 Å². The molecule has 1 aromatic heterocycles. The summed E-state index contributed by atoms with van der Waals surface area (Å²) in [4.78, 5) is 20.3. The maximum atomic E-state index is 13.2. The van der Waals surface area contributed by atoms with E-state index < -0.39 is 11.7 Å². The number of nitrogens with one attached hydrogen (secondary N) is 2. The molecule has 0 spiro atoms. The third-order valence-corrected chi connectivity index (χ3v) is 3.64. The van der Waals surface area contributed by atoms with Crippen LogP contribution in [-0.2, 0) is 0 Å². The number of amides is 1. The van der Waals surface area contributed by atoms with E-state index in [1.54, 1.807) is 24.3 Å². The Labute approximate surface area is 153 Å². The number of hydrogen-bond acceptors (Lipinski definition) is 5. The number of aromatic nitrogens is 2. The van der Waals surface area contributed by atoms with Gasteiger partial charge in [0.05, 0.1) is 29.0 Å². The number of benzene rings is 2. The minimum atomic E-state index is -0.516. The van der Waals surface area contributed by atoms with Gasteiger partial charge in [-0.05, 0) is 42.5 Å². The molecule has 0 aliphatic rings. The predicted molar refractivity (Wildman–Crippen MR) is 95.8 cm³/mol. The zero-order chi connectivity index (χ0) is 18.5. The number of hydrogen-bond donors (Lipinski definition) is 2. The highest BCUT2D eigenvalue weighted by Crippen LogP contribution is 2.21. The van der Waals surface area contributed by atoms with Gasteiger partial charge in [0.1, 0.15) is 17.3 Å². The quantitative estimate of drug-likeness (QED) is 0.723. The van der Waals surface area contributed by atoms with Crippen LogP contribution in [-0.4, -0.2) is 15.9 Å². The summed E-state index contributed by atoms with van der Waals surface area (Å²) in [6, 6.07) is 12.6. The lowest BCUT2D eigenvalue weighted by Crippen LogP contribution is -2.14. The van der Waals surface area contributed by atoms with Gasteiger partial charge in [0, 0.05) is 11.4 Å². The Bertz CT molecular complexity index is 984. The van der Waals surface area contributed by atoms with Crippen molar-refractivity contribution in [3.8, 4) is 6.07 Å². The zero-order valence-electron chi connectivity index (χ0n) is 13.2. The molecule has 1 heterocycles. The summed E-state index contributed by atoms with van der Waals surface area (Å²) in [7, 11) is 0. The lowest BCUT2D eigenvalue weighted by molar-refractivity contribution is 0.102. The first-order chi connectivity index (χ1) is 12.5. The van der Waals surface area contributed by atoms with E-state index in [1.807, 2.05) is 6.07 Å². The smallest absolute Gasteiger partial charge is 0.275 e. The average molecular weight is 368 g/mol. The monoisotopic (exact) mass is 367 g/mol. The van der Waals surface area contributed by atoms with Gasteiger partial charge in [-0.15, -0.1) is 0 Å². The summed E-state index contributed by atoms with van der Waals surface area (Å²) in [6.45, 7) is 0. The van der Waals surface area contributed by atoms with Crippen molar-refractivity contribution in [2.45, 2.75) is 0 Å². The van der Waals surface area contributed by atoms with Crippen molar-refractivity contribution < 1.29 is 9.18 Å². The Morgan fingerprint density at radius 1 is 1.08 bits per heavy atom. The summed E-state index contributed by atoms with van der Waals surface area (Å²) in [5.41, 5.74) is 1.70. The molecule has 0 saturated heterocycles. The lowest BCUT2D eigenvalue weighted by Gasteiger charge is -2.07. The summed E-state index contributed by atoms with van der Waals surface area (Å²) in [5.74, 6) is -0.570. The molecule has 3 aromatic rings. The molecular weight excluding hydrogens is 357 g/mol. The van der Waals surface area contributed by atoms with E-state index in [2.05, 4.69) is 20.6 Å². The van der Waals surface area contributed by atoms with Crippen LogP contribution in [0.1, 0.15) is 16.1 Å². The van der Waals surface area contributed by atoms with Crippen molar-refractivity contribution in [1.82, 2.24) is 9.97 Å². The largest absolute Gasteiger partial charge is 0.339 e. The Balaban J connectivity index is 1.67. The number of carbonyl (C=O) groups excluding carboxylic acids is 1. The van der Waals surface area contributed by atoms with E-state index in [0.29, 0.717) is 22.8 Å². The molecule has 2 N–H and O–H groups in total. The van der Waals surface area contributed by atoms with Gasteiger partial charge < -0.3 is 10.6 Å². The van der Waals surface area contributed by atoms with Crippen LogP contribution in [0, 0.1) is 17.1 Å². The van der Waals surface area contributed by atoms with Gasteiger partial charge in [-0.2, -0.15) is 5.26 Å². The fraction of sp³-hybridized carbons (Fsp3) is 0. The second kappa shape index (κ2) is 7.59. The van der Waals surface area contributed by atoms with Crippen LogP contribution in [0.2, 0.25) is 5.02 Å². The second-order valence-electron chi connectivity index (χ2n) is 5.18. The molecule has 26 heavy (non-hydrogen) atoms. The van der Waals surface area contributed by atoms with Crippen LogP contribution in [0.4, 0.5) is 21.6 Å². The van der Waals surface area contributed by atoms with Crippen molar-refractivity contribution in [2.24, 2.45) is 0 Å². The topological polar surface area (TPSA) is 90.7 Å². The Morgan fingerprint density at radius 3 is 2.42 bits per heavy atom. The van der Waals surface area contributed by atoms with Gasteiger partial charge in [0.25, 0.3) is 5.91 Å². The van der Waals surface area contributed by atoms with Gasteiger partial charge in [-0.3, -0.25) is 4.79 Å². The van der Waals surface area contributed by atoms with E-state index in [4.69, 9.17) is 16.9 Å². The fourth-order valence-electron chi connectivity index (χ4n) is 2.05. The van der Waals surface area contributed by atoms with Crippen molar-refractivity contribution in [3.63, 3.8) is 0 Å². The average Bonchev–Trinajstić information content (AvgIpc) is 2.66. The van der Waals surface area contributed by atoms with Gasteiger partial charge in [-0.25, -0.2) is 14.4 Å². The molecule has 0 radical (unpaired) electrons. The fourth-order valence-corrected chi connectivity index (χ4v) is 2.24. The van der Waals surface area contributed by atoms with Crippen molar-refractivity contribution >= 4 is 34.7 Å². The van der Waals surface area contributed by atoms with E-state index >= 15 is 0 Å². The maximum absolute atomic E-state index is 13.2. The van der Waals surface area contributed by atoms with E-state index in [-0.39, 0.29) is 10.7 Å². The number of nitrogens with zero attached hydrogens (tertiary/aromatic N) is 3. The van der Waals surface area contributed by atoms with Crippen molar-refractivity contribution in [1.29, 1.82) is 5.26 Å². The van der Waals surface area contributed by atoms with E-state index in [1.165, 1.54) is 30.6 Å². The van der Waals surface area contributed by atoms with Crippen LogP contribution in [0.15, 0.2) is 54.9 Å². The van der Waals surface area contributed by atoms with Crippen molar-refractivity contribution in [3.05, 3.63) is 77.0 Å². The normalized spacial score (nSPS) is 10.0. The highest BCUT2D eigenvalue weighted by Gasteiger charge is 2.09. The second-order valence-corrected chi connectivity index (χ2v) is 5.59. The molecular formula is C18H11ClFN5O. The molecule has 6 nitrogen and oxygen atoms in total. The molecule has 0 atom stereocenters. The molecule has 128 valence electrons. The summed E-state index contributed by atoms with van der Waals surface area (Å²) in [6.07, 6.45) is 2.69. The van der Waals surface area contributed by atoms with E-state index in [9.17, 15) is 9.18 Å². The van der Waals surface area contributed by atoms with Gasteiger partial charge in [0.15, 0.2) is 0 Å². The van der Waals surface area contributed by atoms with Crippen LogP contribution in [0.5, 0.6) is 0 Å². The molecule has 0 fully saturated rings. The molecule has 0 bridgehead atoms. The molecule has 0 unspecified atom stereocenters. The first kappa shape index (κ1) is 17.3. The molecule has 0 aliphatic heterocycles. The van der Waals surface area contributed by atoms with Crippen LogP contribution in [0.3, 0.4) is 0 Å². The minimum absolute atomic E-state index is 0.0126. The summed E-state index contributed by atoms with van der Waals surface area (Å²) < 4.78 is 13.2. The predicted octanol–water partition coefficient (Wildman–Crippen LogP) is 4.14. The molecule has 1 amide bonds. The van der Waals surface area contributed by atoms with Gasteiger partial charge in [-0.1, -0.05) is 11.6 Å². The van der Waals surface area contributed by atoms with Crippen LogP contribution >= 0.6 is 11.6 Å². The Hall–Kier alpha value is -3.50. The number of halogens is 2. The molecule has 3 rings (SSSR count). The zero-order valence-corrected chi connectivity index (χ0v) is 14.0. The highest BCUT2D eigenvalue weighted by molar-refractivity contribution is 6.31. The van der Waals surface area contributed by atoms with Crippen LogP contribution < -0.4 is 10.6 Å². The molecule has 8 heteroatoms. The summed E-state index contributed by atoms with van der Waals surface area (Å²) in [5, 5.41) is 14.3. The molecule has 0 aliphatic carbocycles. The van der Waals surface area contributed by atoms with E-state index in [0.717, 1.165) is 0 Å². The Kier molecular flexibility index (Phi) is 5.06. The number of carbonyl (C=O) groups is 1. The first-order valence-electron chi connectivity index (χ1n) is 7.41. The minimum Gasteiger partial charge on any atom is -0.339 e. The summed E-state index contributed by atoms with van der Waals surface area (Å²) >= 11 is 5.72. The van der Waals surface area contributed by atoms with Gasteiger partial charge in [0.2, 0.25) is 0 Å². The van der Waals surface area contributed by atoms with Crippen molar-refractivity contribution in [2.75, 3.05) is 10.6 Å². The number of anilines is 3. The molecule has 0 saturated carbocycles. The third-order valence-electron chi connectivity index (χ3n) is 3.35. The van der Waals surface area contributed by atoms with Gasteiger partial charge >= 0.3 is 0 Å². The maximum Gasteiger partial charge on any atom is 0.275 e. The highest BCUT2D eigenvalue weighted by atomic mass is 35.5.